The van der Waals surface area contributed by atoms with Gasteiger partial charge in [0.05, 0.1) is 6.26 Å². The van der Waals surface area contributed by atoms with E-state index in [0.29, 0.717) is 5.76 Å². The summed E-state index contributed by atoms with van der Waals surface area (Å²) in [4.78, 5) is 0. The summed E-state index contributed by atoms with van der Waals surface area (Å²) in [6, 6.07) is 3.59. The Bertz CT molecular complexity index is 298. The minimum atomic E-state index is 0.655. The van der Waals surface area contributed by atoms with E-state index < -0.39 is 0 Å². The number of rotatable bonds is 0. The first-order chi connectivity index (χ1) is 4.93. The monoisotopic (exact) mass is 130 g/mol. The highest BCUT2D eigenvalue weighted by molar-refractivity contribution is 5.33. The van der Waals surface area contributed by atoms with E-state index in [4.69, 9.17) is 4.42 Å². The second-order valence-corrected chi connectivity index (χ2v) is 1.60. The van der Waals surface area contributed by atoms with Crippen molar-refractivity contribution in [2.75, 3.05) is 0 Å². The zero-order chi connectivity index (χ0) is 7.23. The molecule has 0 N–H and O–H groups in total. The van der Waals surface area contributed by atoms with Gasteiger partial charge in [-0.1, -0.05) is 5.92 Å². The third-order valence-corrected chi connectivity index (χ3v) is 0.894. The maximum Gasteiger partial charge on any atom is 0.177 e. The normalized spacial score (nSPS) is 6.90. The van der Waals surface area contributed by atoms with E-state index in [1.807, 2.05) is 0 Å². The van der Waals surface area contributed by atoms with Crippen LogP contribution in [0.3, 0.4) is 0 Å². The molecule has 0 saturated carbocycles. The molecule has 0 amide bonds. The first-order valence-corrected chi connectivity index (χ1v) is 2.90. The zero-order valence-corrected chi connectivity index (χ0v) is 5.64. The van der Waals surface area contributed by atoms with Gasteiger partial charge in [-0.15, -0.1) is 0 Å². The fourth-order valence-corrected chi connectivity index (χ4v) is 0.505. The third-order valence-electron chi connectivity index (χ3n) is 0.894. The van der Waals surface area contributed by atoms with Gasteiger partial charge >= 0.3 is 0 Å². The fraction of sp³-hybridized carbons (Fsp3) is 0.111. The van der Waals surface area contributed by atoms with Crippen molar-refractivity contribution in [3.8, 4) is 23.7 Å². The molecular weight excluding hydrogens is 124 g/mol. The lowest BCUT2D eigenvalue weighted by Gasteiger charge is -1.71. The lowest BCUT2D eigenvalue weighted by atomic mass is 10.4. The summed E-state index contributed by atoms with van der Waals surface area (Å²) in [5.41, 5.74) is 0. The predicted molar refractivity (Wildman–Crippen MR) is 39.0 cm³/mol. The Morgan fingerprint density at radius 3 is 2.90 bits per heavy atom. The van der Waals surface area contributed by atoms with Crippen LogP contribution in [0, 0.1) is 23.7 Å². The molecule has 0 unspecified atom stereocenters. The van der Waals surface area contributed by atoms with Crippen LogP contribution in [0.15, 0.2) is 22.8 Å². The van der Waals surface area contributed by atoms with Crippen molar-refractivity contribution in [1.82, 2.24) is 0 Å². The topological polar surface area (TPSA) is 13.1 Å². The van der Waals surface area contributed by atoms with Crippen LogP contribution in [-0.2, 0) is 0 Å². The summed E-state index contributed by atoms with van der Waals surface area (Å²) in [5, 5.41) is 0. The van der Waals surface area contributed by atoms with Gasteiger partial charge in [-0.2, -0.15) is 0 Å². The van der Waals surface area contributed by atoms with Gasteiger partial charge in [0.2, 0.25) is 0 Å². The first-order valence-electron chi connectivity index (χ1n) is 2.90. The van der Waals surface area contributed by atoms with Crippen LogP contribution in [0.2, 0.25) is 0 Å². The zero-order valence-electron chi connectivity index (χ0n) is 5.64. The summed E-state index contributed by atoms with van der Waals surface area (Å²) in [7, 11) is 0. The van der Waals surface area contributed by atoms with E-state index >= 15 is 0 Å². The maximum atomic E-state index is 4.94. The Kier molecular flexibility index (Phi) is 2.24. The highest BCUT2D eigenvalue weighted by Gasteiger charge is 1.82. The van der Waals surface area contributed by atoms with Crippen LogP contribution in [0.5, 0.6) is 0 Å². The van der Waals surface area contributed by atoms with Gasteiger partial charge in [-0.25, -0.2) is 0 Å². The van der Waals surface area contributed by atoms with Crippen LogP contribution < -0.4 is 0 Å². The molecule has 1 aromatic heterocycles. The van der Waals surface area contributed by atoms with E-state index in [1.54, 1.807) is 25.3 Å². The van der Waals surface area contributed by atoms with Crippen LogP contribution in [0.4, 0.5) is 0 Å². The maximum absolute atomic E-state index is 4.94. The van der Waals surface area contributed by atoms with Crippen molar-refractivity contribution < 1.29 is 4.42 Å². The summed E-state index contributed by atoms with van der Waals surface area (Å²) < 4.78 is 4.94. The molecule has 0 spiro atoms. The summed E-state index contributed by atoms with van der Waals surface area (Å²) in [6.07, 6.45) is 1.59. The van der Waals surface area contributed by atoms with Crippen LogP contribution in [0.1, 0.15) is 12.7 Å². The molecule has 1 rings (SSSR count). The summed E-state index contributed by atoms with van der Waals surface area (Å²) in [6.45, 7) is 1.75. The van der Waals surface area contributed by atoms with E-state index in [0.717, 1.165) is 0 Å². The highest BCUT2D eigenvalue weighted by Crippen LogP contribution is 1.95. The van der Waals surface area contributed by atoms with Crippen molar-refractivity contribution in [2.45, 2.75) is 6.92 Å². The molecule has 0 aliphatic rings. The van der Waals surface area contributed by atoms with Crippen molar-refractivity contribution >= 4 is 0 Å². The average Bonchev–Trinajstić information content (AvgIpc) is 2.41. The van der Waals surface area contributed by atoms with Crippen LogP contribution >= 0.6 is 0 Å². The van der Waals surface area contributed by atoms with Gasteiger partial charge < -0.3 is 4.42 Å². The minimum absolute atomic E-state index is 0.655. The van der Waals surface area contributed by atoms with E-state index in [-0.39, 0.29) is 0 Å². The molecule has 1 nitrogen and oxygen atoms in total. The van der Waals surface area contributed by atoms with Crippen LogP contribution in [-0.4, -0.2) is 0 Å². The molecule has 0 aliphatic carbocycles. The van der Waals surface area contributed by atoms with Crippen molar-refractivity contribution in [2.24, 2.45) is 0 Å². The molecule has 0 atom stereocenters. The lowest BCUT2D eigenvalue weighted by Crippen LogP contribution is -1.60. The van der Waals surface area contributed by atoms with Gasteiger partial charge in [-0.3, -0.25) is 0 Å². The van der Waals surface area contributed by atoms with Gasteiger partial charge in [0.25, 0.3) is 0 Å². The predicted octanol–water partition coefficient (Wildman–Crippen LogP) is 1.65. The molecule has 0 bridgehead atoms. The van der Waals surface area contributed by atoms with Gasteiger partial charge in [0.1, 0.15) is 0 Å². The van der Waals surface area contributed by atoms with E-state index in [1.165, 1.54) is 0 Å². The third kappa shape index (κ3) is 1.73. The molecule has 0 aliphatic heterocycles. The Morgan fingerprint density at radius 1 is 1.40 bits per heavy atom. The quantitative estimate of drug-likeness (QED) is 0.487. The van der Waals surface area contributed by atoms with Crippen molar-refractivity contribution in [3.63, 3.8) is 0 Å². The molecule has 10 heavy (non-hydrogen) atoms. The molecule has 1 heteroatoms. The molecule has 48 valence electrons. The average molecular weight is 130 g/mol. The van der Waals surface area contributed by atoms with E-state index in [9.17, 15) is 0 Å². The van der Waals surface area contributed by atoms with Gasteiger partial charge in [0.15, 0.2) is 5.76 Å². The molecule has 0 fully saturated rings. The summed E-state index contributed by atoms with van der Waals surface area (Å²) in [5.74, 6) is 11.3. The molecule has 0 radical (unpaired) electrons. The Hall–Kier alpha value is -1.60. The highest BCUT2D eigenvalue weighted by atomic mass is 16.3. The smallest absolute Gasteiger partial charge is 0.177 e. The second kappa shape index (κ2) is 3.43. The molecule has 1 aromatic rings. The second-order valence-electron chi connectivity index (χ2n) is 1.60. The standard InChI is InChI=1S/C9H6O/c1-2-3-4-6-9-7-5-8-10-9/h5,7-8H,1H3. The Labute approximate surface area is 60.0 Å². The Morgan fingerprint density at radius 2 is 2.30 bits per heavy atom. The number of hydrogen-bond donors (Lipinski definition) is 0. The van der Waals surface area contributed by atoms with Crippen LogP contribution in [0.25, 0.3) is 0 Å². The van der Waals surface area contributed by atoms with Crippen molar-refractivity contribution in [1.29, 1.82) is 0 Å². The first kappa shape index (κ1) is 6.52. The Balaban J connectivity index is 2.72. The largest absolute Gasteiger partial charge is 0.456 e. The molecule has 0 aromatic carbocycles. The van der Waals surface area contributed by atoms with E-state index in [2.05, 4.69) is 23.7 Å². The SMILES string of the molecule is CC#CC#Cc1ccco1. The fourth-order valence-electron chi connectivity index (χ4n) is 0.505. The summed E-state index contributed by atoms with van der Waals surface area (Å²) >= 11 is 0. The lowest BCUT2D eigenvalue weighted by molar-refractivity contribution is 0.554. The molecule has 1 heterocycles. The van der Waals surface area contributed by atoms with Crippen molar-refractivity contribution in [3.05, 3.63) is 24.2 Å². The minimum Gasteiger partial charge on any atom is -0.456 e. The molecule has 0 saturated heterocycles. The number of hydrogen-bond acceptors (Lipinski definition) is 1. The number of furan rings is 1. The molecular formula is C9H6O. The van der Waals surface area contributed by atoms with Gasteiger partial charge in [0, 0.05) is 0 Å². The van der Waals surface area contributed by atoms with Gasteiger partial charge in [-0.05, 0) is 36.8 Å².